The number of halogens is 2. The molecule has 0 radical (unpaired) electrons. The van der Waals surface area contributed by atoms with Crippen LogP contribution in [0, 0.1) is 41.2 Å². The number of benzene rings is 1. The quantitative estimate of drug-likeness (QED) is 0.541. The van der Waals surface area contributed by atoms with Gasteiger partial charge in [0.2, 0.25) is 5.88 Å². The maximum absolute atomic E-state index is 15.1. The average Bonchev–Trinajstić information content (AvgIpc) is 3.57. The molecule has 5 rings (SSSR count). The summed E-state index contributed by atoms with van der Waals surface area (Å²) >= 11 is 1.19. The zero-order chi connectivity index (χ0) is 25.0. The molecule has 1 aliphatic carbocycles. The standard InChI is InChI=1S/C25H20F2N6OS/c1-4-13(2)34-20-11-31-22-17(32-20)5-6-30-18(22)9-14-7-15(21(27)16(26)8-14)24(3)19-10-25(19,12-28)35-23(29)33-24/h1,5-8,11,13,19H,9-10H2,2-3H3,(H2,29,33)/t13-,19-,24+,25+/m0/s1. The Kier molecular flexibility index (Phi) is 5.37. The zero-order valence-electron chi connectivity index (χ0n) is 18.9. The van der Waals surface area contributed by atoms with Gasteiger partial charge in [-0.15, -0.1) is 6.42 Å². The Morgan fingerprint density at radius 3 is 2.91 bits per heavy atom. The van der Waals surface area contributed by atoms with Crippen LogP contribution in [0.2, 0.25) is 0 Å². The number of hydrogen-bond acceptors (Lipinski definition) is 8. The highest BCUT2D eigenvalue weighted by molar-refractivity contribution is 8.15. The van der Waals surface area contributed by atoms with E-state index in [2.05, 4.69) is 31.9 Å². The first-order chi connectivity index (χ1) is 16.7. The van der Waals surface area contributed by atoms with Crippen molar-refractivity contribution in [2.45, 2.75) is 43.1 Å². The van der Waals surface area contributed by atoms with E-state index in [-0.39, 0.29) is 28.9 Å². The van der Waals surface area contributed by atoms with Gasteiger partial charge in [-0.05, 0) is 44.0 Å². The van der Waals surface area contributed by atoms with Crippen LogP contribution in [0.25, 0.3) is 11.0 Å². The van der Waals surface area contributed by atoms with Crippen LogP contribution in [0.3, 0.4) is 0 Å². The number of hydrogen-bond donors (Lipinski definition) is 1. The SMILES string of the molecule is C#C[C@H](C)Oc1cnc2c(Cc3cc(F)c(F)c([C@@]4(C)N=C(N)S[C@@]5(C#N)C[C@H]54)c3)nccc2n1. The molecule has 1 saturated carbocycles. The molecule has 0 amide bonds. The summed E-state index contributed by atoms with van der Waals surface area (Å²) in [7, 11) is 0. The number of aromatic nitrogens is 3. The van der Waals surface area contributed by atoms with Crippen LogP contribution in [0.4, 0.5) is 8.78 Å². The van der Waals surface area contributed by atoms with Crippen LogP contribution in [-0.4, -0.2) is 31.0 Å². The zero-order valence-corrected chi connectivity index (χ0v) is 19.7. The van der Waals surface area contributed by atoms with Gasteiger partial charge in [-0.25, -0.2) is 18.7 Å². The number of nitriles is 1. The van der Waals surface area contributed by atoms with Crippen molar-refractivity contribution in [2.24, 2.45) is 16.6 Å². The smallest absolute Gasteiger partial charge is 0.234 e. The second kappa shape index (κ2) is 8.17. The Bertz CT molecular complexity index is 1480. The minimum Gasteiger partial charge on any atom is -0.460 e. The number of rotatable bonds is 5. The number of ether oxygens (including phenoxy) is 1. The van der Waals surface area contributed by atoms with Gasteiger partial charge >= 0.3 is 0 Å². The lowest BCUT2D eigenvalue weighted by Crippen LogP contribution is -2.35. The van der Waals surface area contributed by atoms with E-state index in [0.29, 0.717) is 28.7 Å². The second-order valence-corrected chi connectivity index (χ2v) is 10.2. The van der Waals surface area contributed by atoms with Gasteiger partial charge in [-0.1, -0.05) is 17.7 Å². The average molecular weight is 491 g/mol. The monoisotopic (exact) mass is 490 g/mol. The van der Waals surface area contributed by atoms with E-state index < -0.39 is 28.0 Å². The molecule has 1 fully saturated rings. The van der Waals surface area contributed by atoms with Crippen molar-refractivity contribution >= 4 is 28.0 Å². The molecule has 0 spiro atoms. The van der Waals surface area contributed by atoms with E-state index >= 15 is 4.39 Å². The summed E-state index contributed by atoms with van der Waals surface area (Å²) in [5, 5.41) is 9.85. The molecule has 3 aromatic rings. The van der Waals surface area contributed by atoms with Gasteiger partial charge in [0.25, 0.3) is 0 Å². The van der Waals surface area contributed by atoms with Crippen molar-refractivity contribution in [3.63, 3.8) is 0 Å². The number of nitrogens with two attached hydrogens (primary N) is 1. The lowest BCUT2D eigenvalue weighted by Gasteiger charge is -2.32. The summed E-state index contributed by atoms with van der Waals surface area (Å²) < 4.78 is 34.6. The Labute approximate surface area is 204 Å². The summed E-state index contributed by atoms with van der Waals surface area (Å²) in [5.41, 5.74) is 6.97. The third-order valence-electron chi connectivity index (χ3n) is 6.46. The number of nitrogens with zero attached hydrogens (tertiary/aromatic N) is 5. The van der Waals surface area contributed by atoms with Crippen LogP contribution >= 0.6 is 11.8 Å². The Morgan fingerprint density at radius 2 is 2.17 bits per heavy atom. The molecule has 2 aliphatic rings. The highest BCUT2D eigenvalue weighted by Gasteiger charge is 2.67. The third-order valence-corrected chi connectivity index (χ3v) is 7.66. The minimum absolute atomic E-state index is 0.0724. The van der Waals surface area contributed by atoms with Gasteiger partial charge in [-0.3, -0.25) is 9.98 Å². The molecule has 4 atom stereocenters. The van der Waals surface area contributed by atoms with Crippen molar-refractivity contribution in [3.8, 4) is 24.3 Å². The Balaban J connectivity index is 1.53. The fourth-order valence-corrected chi connectivity index (χ4v) is 5.89. The second-order valence-electron chi connectivity index (χ2n) is 8.83. The summed E-state index contributed by atoms with van der Waals surface area (Å²) in [6.07, 6.45) is 8.58. The highest BCUT2D eigenvalue weighted by Crippen LogP contribution is 2.65. The molecule has 10 heteroatoms. The third kappa shape index (κ3) is 3.84. The summed E-state index contributed by atoms with van der Waals surface area (Å²) in [4.78, 5) is 17.7. The number of amidine groups is 1. The minimum atomic E-state index is -1.15. The molecule has 1 aliphatic heterocycles. The van der Waals surface area contributed by atoms with Gasteiger partial charge in [0.05, 0.1) is 29.0 Å². The van der Waals surface area contributed by atoms with E-state index in [4.69, 9.17) is 16.9 Å². The van der Waals surface area contributed by atoms with E-state index in [1.807, 2.05) is 0 Å². The number of fused-ring (bicyclic) bond motifs is 2. The van der Waals surface area contributed by atoms with E-state index in [9.17, 15) is 9.65 Å². The fourth-order valence-electron chi connectivity index (χ4n) is 4.61. The van der Waals surface area contributed by atoms with Crippen LogP contribution < -0.4 is 10.5 Å². The van der Waals surface area contributed by atoms with Gasteiger partial charge in [0, 0.05) is 24.1 Å². The first-order valence-corrected chi connectivity index (χ1v) is 11.7. The molecule has 1 aromatic carbocycles. The topological polar surface area (TPSA) is 110 Å². The van der Waals surface area contributed by atoms with E-state index in [1.54, 1.807) is 32.2 Å². The molecule has 2 N–H and O–H groups in total. The molecule has 0 unspecified atom stereocenters. The Morgan fingerprint density at radius 1 is 1.37 bits per heavy atom. The van der Waals surface area contributed by atoms with Gasteiger partial charge in [0.1, 0.15) is 10.3 Å². The molecule has 0 bridgehead atoms. The molecule has 2 aromatic heterocycles. The molecular formula is C25H20F2N6OS. The number of terminal acetylenes is 1. The lowest BCUT2D eigenvalue weighted by molar-refractivity contribution is 0.268. The number of aliphatic imine (C=N–C) groups is 1. The highest BCUT2D eigenvalue weighted by atomic mass is 32.2. The molecule has 176 valence electrons. The predicted octanol–water partition coefficient (Wildman–Crippen LogP) is 3.85. The maximum Gasteiger partial charge on any atom is 0.234 e. The number of thioether (sulfide) groups is 1. The van der Waals surface area contributed by atoms with E-state index in [1.165, 1.54) is 18.0 Å². The van der Waals surface area contributed by atoms with Crippen molar-refractivity contribution in [2.75, 3.05) is 0 Å². The molecule has 35 heavy (non-hydrogen) atoms. The van der Waals surface area contributed by atoms with Gasteiger partial charge in [0.15, 0.2) is 22.9 Å². The van der Waals surface area contributed by atoms with Crippen LogP contribution in [0.5, 0.6) is 5.88 Å². The van der Waals surface area contributed by atoms with E-state index in [0.717, 1.165) is 6.07 Å². The fraction of sp³-hybridized carbons (Fsp3) is 0.320. The predicted molar refractivity (Wildman–Crippen MR) is 128 cm³/mol. The summed E-state index contributed by atoms with van der Waals surface area (Å²) in [5.74, 6) is 0.474. The van der Waals surface area contributed by atoms with Crippen molar-refractivity contribution in [1.82, 2.24) is 15.0 Å². The normalized spacial score (nSPS) is 25.7. The molecule has 3 heterocycles. The first-order valence-electron chi connectivity index (χ1n) is 10.9. The Hall–Kier alpha value is -3.76. The van der Waals surface area contributed by atoms with Gasteiger partial charge < -0.3 is 10.5 Å². The summed E-state index contributed by atoms with van der Waals surface area (Å²) in [6, 6.07) is 6.67. The first kappa shape index (κ1) is 23.0. The van der Waals surface area contributed by atoms with Crippen molar-refractivity contribution in [3.05, 3.63) is 59.0 Å². The lowest BCUT2D eigenvalue weighted by atomic mass is 9.84. The van der Waals surface area contributed by atoms with Gasteiger partial charge in [-0.2, -0.15) is 5.26 Å². The maximum atomic E-state index is 15.1. The van der Waals surface area contributed by atoms with Crippen LogP contribution in [-0.2, 0) is 12.0 Å². The van der Waals surface area contributed by atoms with Crippen LogP contribution in [0.1, 0.15) is 37.1 Å². The molecule has 0 saturated heterocycles. The molecule has 7 nitrogen and oxygen atoms in total. The van der Waals surface area contributed by atoms with Crippen LogP contribution in [0.15, 0.2) is 35.6 Å². The number of pyridine rings is 1. The largest absolute Gasteiger partial charge is 0.460 e. The molecular weight excluding hydrogens is 470 g/mol. The van der Waals surface area contributed by atoms with Crippen molar-refractivity contribution in [1.29, 1.82) is 5.26 Å². The van der Waals surface area contributed by atoms with Crippen molar-refractivity contribution < 1.29 is 13.5 Å². The summed E-state index contributed by atoms with van der Waals surface area (Å²) in [6.45, 7) is 3.42.